The first-order valence-corrected chi connectivity index (χ1v) is 8.45. The van der Waals surface area contributed by atoms with Crippen LogP contribution in [0.5, 0.6) is 0 Å². The molecule has 1 fully saturated rings. The Morgan fingerprint density at radius 2 is 2.21 bits per heavy atom. The molecule has 0 saturated carbocycles. The maximum atomic E-state index is 13.6. The molecule has 0 aliphatic carbocycles. The number of rotatable bonds is 4. The molecule has 1 aliphatic rings. The van der Waals surface area contributed by atoms with E-state index in [2.05, 4.69) is 26.0 Å². The smallest absolute Gasteiger partial charge is 0.244 e. The zero-order valence-electron chi connectivity index (χ0n) is 10.3. The topological polar surface area (TPSA) is 58.2 Å². The van der Waals surface area contributed by atoms with Gasteiger partial charge in [0.1, 0.15) is 10.7 Å². The summed E-state index contributed by atoms with van der Waals surface area (Å²) in [7, 11) is -3.83. The summed E-state index contributed by atoms with van der Waals surface area (Å²) < 4.78 is 40.6. The number of nitrogens with one attached hydrogen (secondary N) is 2. The largest absolute Gasteiger partial charge is 0.313 e. The lowest BCUT2D eigenvalue weighted by molar-refractivity contribution is 0.398. The quantitative estimate of drug-likeness (QED) is 0.873. The minimum atomic E-state index is -3.83. The molecule has 106 valence electrons. The Kier molecular flexibility index (Phi) is 4.94. The standard InChI is InChI=1S/C12H16BrFN2O2S/c13-10-5-3-6-11(14)12(10)19(17,18)16-8-9-4-1-2-7-15-9/h3,5-6,9,15-16H,1-2,4,7-8H2/t9-/m1/s1. The van der Waals surface area contributed by atoms with Crippen LogP contribution in [0.15, 0.2) is 27.6 Å². The van der Waals surface area contributed by atoms with Gasteiger partial charge in [-0.05, 0) is 47.4 Å². The van der Waals surface area contributed by atoms with Crippen molar-refractivity contribution in [3.8, 4) is 0 Å². The summed E-state index contributed by atoms with van der Waals surface area (Å²) in [5, 5.41) is 3.24. The summed E-state index contributed by atoms with van der Waals surface area (Å²) in [6, 6.07) is 4.23. The van der Waals surface area contributed by atoms with Crippen molar-refractivity contribution >= 4 is 26.0 Å². The SMILES string of the molecule is O=S(=O)(NC[C@H]1CCCCN1)c1c(F)cccc1Br. The highest BCUT2D eigenvalue weighted by Crippen LogP contribution is 2.24. The average Bonchev–Trinajstić information content (AvgIpc) is 2.37. The van der Waals surface area contributed by atoms with Crippen molar-refractivity contribution in [3.05, 3.63) is 28.5 Å². The van der Waals surface area contributed by atoms with E-state index in [1.54, 1.807) is 0 Å². The van der Waals surface area contributed by atoms with E-state index in [0.29, 0.717) is 0 Å². The van der Waals surface area contributed by atoms with Gasteiger partial charge in [-0.2, -0.15) is 0 Å². The van der Waals surface area contributed by atoms with E-state index in [9.17, 15) is 12.8 Å². The highest BCUT2D eigenvalue weighted by Gasteiger charge is 2.23. The third-order valence-electron chi connectivity index (χ3n) is 3.12. The molecule has 1 saturated heterocycles. The van der Waals surface area contributed by atoms with Crippen molar-refractivity contribution in [2.45, 2.75) is 30.2 Å². The maximum Gasteiger partial charge on any atom is 0.244 e. The molecule has 19 heavy (non-hydrogen) atoms. The lowest BCUT2D eigenvalue weighted by atomic mass is 10.1. The number of hydrogen-bond acceptors (Lipinski definition) is 3. The lowest BCUT2D eigenvalue weighted by Crippen LogP contribution is -2.43. The van der Waals surface area contributed by atoms with Gasteiger partial charge in [0.25, 0.3) is 0 Å². The highest BCUT2D eigenvalue weighted by atomic mass is 79.9. The van der Waals surface area contributed by atoms with Crippen LogP contribution in [0.1, 0.15) is 19.3 Å². The number of benzene rings is 1. The Hall–Kier alpha value is -0.500. The molecule has 0 unspecified atom stereocenters. The fourth-order valence-electron chi connectivity index (χ4n) is 2.12. The molecule has 0 aromatic heterocycles. The van der Waals surface area contributed by atoms with Gasteiger partial charge in [-0.15, -0.1) is 0 Å². The molecule has 0 bridgehead atoms. The van der Waals surface area contributed by atoms with Crippen LogP contribution in [-0.4, -0.2) is 27.5 Å². The van der Waals surface area contributed by atoms with Crippen LogP contribution >= 0.6 is 15.9 Å². The third kappa shape index (κ3) is 3.75. The van der Waals surface area contributed by atoms with Gasteiger partial charge in [0.15, 0.2) is 0 Å². The zero-order valence-corrected chi connectivity index (χ0v) is 12.7. The summed E-state index contributed by atoms with van der Waals surface area (Å²) in [6.45, 7) is 1.18. The Bertz CT molecular complexity index is 524. The van der Waals surface area contributed by atoms with Crippen molar-refractivity contribution in [2.24, 2.45) is 0 Å². The van der Waals surface area contributed by atoms with Crippen LogP contribution in [-0.2, 0) is 10.0 Å². The monoisotopic (exact) mass is 350 g/mol. The number of sulfonamides is 1. The van der Waals surface area contributed by atoms with Crippen molar-refractivity contribution in [1.29, 1.82) is 0 Å². The summed E-state index contributed by atoms with van der Waals surface area (Å²) in [4.78, 5) is -0.328. The summed E-state index contributed by atoms with van der Waals surface area (Å²) in [5.41, 5.74) is 0. The Balaban J connectivity index is 2.09. The van der Waals surface area contributed by atoms with Crippen LogP contribution in [0.4, 0.5) is 4.39 Å². The van der Waals surface area contributed by atoms with E-state index < -0.39 is 15.8 Å². The van der Waals surface area contributed by atoms with Crippen molar-refractivity contribution in [3.63, 3.8) is 0 Å². The first-order valence-electron chi connectivity index (χ1n) is 6.18. The van der Waals surface area contributed by atoms with Gasteiger partial charge in [0.2, 0.25) is 10.0 Å². The number of hydrogen-bond donors (Lipinski definition) is 2. The number of halogens is 2. The van der Waals surface area contributed by atoms with Crippen LogP contribution in [0, 0.1) is 5.82 Å². The van der Waals surface area contributed by atoms with Gasteiger partial charge in [0.05, 0.1) is 0 Å². The van der Waals surface area contributed by atoms with Crippen molar-refractivity contribution in [1.82, 2.24) is 10.0 Å². The molecule has 2 rings (SSSR count). The van der Waals surface area contributed by atoms with Gasteiger partial charge >= 0.3 is 0 Å². The fourth-order valence-corrected chi connectivity index (χ4v) is 4.32. The molecular weight excluding hydrogens is 335 g/mol. The summed E-state index contributed by atoms with van der Waals surface area (Å²) in [5.74, 6) is -0.751. The Morgan fingerprint density at radius 3 is 2.84 bits per heavy atom. The van der Waals surface area contributed by atoms with E-state index >= 15 is 0 Å². The Labute approximate surface area is 121 Å². The summed E-state index contributed by atoms with van der Waals surface area (Å²) in [6.07, 6.45) is 3.13. The van der Waals surface area contributed by atoms with E-state index in [0.717, 1.165) is 31.9 Å². The van der Waals surface area contributed by atoms with Crippen molar-refractivity contribution in [2.75, 3.05) is 13.1 Å². The molecule has 1 atom stereocenters. The first kappa shape index (κ1) is 14.9. The van der Waals surface area contributed by atoms with Crippen LogP contribution in [0.3, 0.4) is 0 Å². The number of piperidine rings is 1. The van der Waals surface area contributed by atoms with Gasteiger partial charge in [0, 0.05) is 17.1 Å². The normalized spacial score (nSPS) is 20.4. The van der Waals surface area contributed by atoms with Gasteiger partial charge in [-0.1, -0.05) is 12.5 Å². The highest BCUT2D eigenvalue weighted by molar-refractivity contribution is 9.10. The molecule has 4 nitrogen and oxygen atoms in total. The van der Waals surface area contributed by atoms with Crippen LogP contribution in [0.2, 0.25) is 0 Å². The second kappa shape index (κ2) is 6.30. The van der Waals surface area contributed by atoms with E-state index in [1.165, 1.54) is 12.1 Å². The predicted molar refractivity (Wildman–Crippen MR) is 74.9 cm³/mol. The van der Waals surface area contributed by atoms with Crippen molar-refractivity contribution < 1.29 is 12.8 Å². The fraction of sp³-hybridized carbons (Fsp3) is 0.500. The molecule has 1 heterocycles. The first-order chi connectivity index (χ1) is 9.00. The average molecular weight is 351 g/mol. The predicted octanol–water partition coefficient (Wildman–Crippen LogP) is 2.01. The molecule has 1 aromatic rings. The molecule has 0 spiro atoms. The van der Waals surface area contributed by atoms with E-state index in [1.807, 2.05) is 0 Å². The third-order valence-corrected chi connectivity index (χ3v) is 5.54. The molecule has 1 aliphatic heterocycles. The van der Waals surface area contributed by atoms with Gasteiger partial charge in [-0.3, -0.25) is 0 Å². The molecule has 1 aromatic carbocycles. The zero-order chi connectivity index (χ0) is 13.9. The second-order valence-corrected chi connectivity index (χ2v) is 7.11. The van der Waals surface area contributed by atoms with Crippen LogP contribution < -0.4 is 10.0 Å². The maximum absolute atomic E-state index is 13.6. The minimum Gasteiger partial charge on any atom is -0.313 e. The molecule has 0 amide bonds. The Morgan fingerprint density at radius 1 is 1.42 bits per heavy atom. The summed E-state index contributed by atoms with van der Waals surface area (Å²) >= 11 is 3.07. The van der Waals surface area contributed by atoms with Gasteiger partial charge < -0.3 is 5.32 Å². The minimum absolute atomic E-state index is 0.120. The second-order valence-electron chi connectivity index (χ2n) is 4.55. The molecular formula is C12H16BrFN2O2S. The lowest BCUT2D eigenvalue weighted by Gasteiger charge is -2.23. The van der Waals surface area contributed by atoms with Crippen LogP contribution in [0.25, 0.3) is 0 Å². The van der Waals surface area contributed by atoms with E-state index in [-0.39, 0.29) is 22.0 Å². The van der Waals surface area contributed by atoms with E-state index in [4.69, 9.17) is 0 Å². The molecule has 2 N–H and O–H groups in total. The molecule has 0 radical (unpaired) electrons. The molecule has 7 heteroatoms. The van der Waals surface area contributed by atoms with Gasteiger partial charge in [-0.25, -0.2) is 17.5 Å².